The Hall–Kier alpha value is -3.88. The molecule has 3 rings (SSSR count). The highest BCUT2D eigenvalue weighted by Crippen LogP contribution is 2.20. The van der Waals surface area contributed by atoms with E-state index in [-0.39, 0.29) is 29.5 Å². The van der Waals surface area contributed by atoms with Crippen LogP contribution in [-0.2, 0) is 4.74 Å². The van der Waals surface area contributed by atoms with E-state index in [0.29, 0.717) is 5.69 Å². The van der Waals surface area contributed by atoms with Gasteiger partial charge in [0.2, 0.25) is 5.95 Å². The number of nitrogens with one attached hydrogen (secondary N) is 2. The maximum Gasteiger partial charge on any atom is 0.340 e. The lowest BCUT2D eigenvalue weighted by Gasteiger charge is -2.11. The lowest BCUT2D eigenvalue weighted by molar-refractivity contribution is 0.0527. The Morgan fingerprint density at radius 1 is 1.07 bits per heavy atom. The molecular formula is C20H16F2N4O3. The smallest absolute Gasteiger partial charge is 0.340 e. The second-order valence-electron chi connectivity index (χ2n) is 5.74. The fourth-order valence-corrected chi connectivity index (χ4v) is 2.41. The minimum absolute atomic E-state index is 0.0131. The topological polar surface area (TPSA) is 93.2 Å². The first-order chi connectivity index (χ1) is 14.0. The Morgan fingerprint density at radius 2 is 1.86 bits per heavy atom. The van der Waals surface area contributed by atoms with Gasteiger partial charge in [-0.05, 0) is 37.3 Å². The van der Waals surface area contributed by atoms with Gasteiger partial charge in [0.05, 0.1) is 17.9 Å². The highest BCUT2D eigenvalue weighted by molar-refractivity contribution is 6.03. The number of esters is 1. The zero-order valence-corrected chi connectivity index (χ0v) is 15.3. The van der Waals surface area contributed by atoms with Crippen molar-refractivity contribution in [2.24, 2.45) is 0 Å². The monoisotopic (exact) mass is 398 g/mol. The van der Waals surface area contributed by atoms with Gasteiger partial charge in [0, 0.05) is 18.0 Å². The first-order valence-electron chi connectivity index (χ1n) is 8.60. The molecule has 0 fully saturated rings. The van der Waals surface area contributed by atoms with Crippen molar-refractivity contribution in [3.05, 3.63) is 77.6 Å². The second kappa shape index (κ2) is 8.87. The molecule has 7 nitrogen and oxygen atoms in total. The van der Waals surface area contributed by atoms with Crippen LogP contribution < -0.4 is 10.6 Å². The molecule has 1 aromatic heterocycles. The van der Waals surface area contributed by atoms with Crippen LogP contribution in [0.3, 0.4) is 0 Å². The van der Waals surface area contributed by atoms with Gasteiger partial charge < -0.3 is 15.4 Å². The summed E-state index contributed by atoms with van der Waals surface area (Å²) in [5.41, 5.74) is 0.759. The fraction of sp³-hybridized carbons (Fsp3) is 0.100. The van der Waals surface area contributed by atoms with Gasteiger partial charge in [-0.15, -0.1) is 0 Å². The molecule has 0 saturated carbocycles. The van der Waals surface area contributed by atoms with Gasteiger partial charge in [0.25, 0.3) is 5.91 Å². The number of ether oxygens (including phenoxy) is 1. The molecule has 9 heteroatoms. The van der Waals surface area contributed by atoms with E-state index in [1.807, 2.05) is 0 Å². The Kier molecular flexibility index (Phi) is 6.08. The Labute approximate surface area is 164 Å². The molecule has 0 aliphatic heterocycles. The average molecular weight is 398 g/mol. The van der Waals surface area contributed by atoms with E-state index in [4.69, 9.17) is 4.74 Å². The predicted octanol–water partition coefficient (Wildman–Crippen LogP) is 3.93. The van der Waals surface area contributed by atoms with Crippen LogP contribution in [0.25, 0.3) is 0 Å². The first-order valence-corrected chi connectivity index (χ1v) is 8.60. The zero-order chi connectivity index (χ0) is 20.8. The van der Waals surface area contributed by atoms with Crippen LogP contribution in [-0.4, -0.2) is 28.5 Å². The highest BCUT2D eigenvalue weighted by atomic mass is 19.2. The van der Waals surface area contributed by atoms with E-state index in [0.717, 1.165) is 12.1 Å². The molecule has 29 heavy (non-hydrogen) atoms. The summed E-state index contributed by atoms with van der Waals surface area (Å²) in [6, 6.07) is 11.0. The quantitative estimate of drug-likeness (QED) is 0.611. The summed E-state index contributed by atoms with van der Waals surface area (Å²) in [5, 5.41) is 5.30. The average Bonchev–Trinajstić information content (AvgIpc) is 2.71. The van der Waals surface area contributed by atoms with E-state index < -0.39 is 23.5 Å². The molecule has 1 amide bonds. The molecule has 0 unspecified atom stereocenters. The van der Waals surface area contributed by atoms with Crippen molar-refractivity contribution < 1.29 is 23.1 Å². The van der Waals surface area contributed by atoms with E-state index in [9.17, 15) is 18.4 Å². The summed E-state index contributed by atoms with van der Waals surface area (Å²) in [4.78, 5) is 32.5. The molecule has 2 aromatic carbocycles. The van der Waals surface area contributed by atoms with Crippen molar-refractivity contribution in [1.29, 1.82) is 0 Å². The van der Waals surface area contributed by atoms with Crippen LogP contribution in [0.4, 0.5) is 26.1 Å². The number of benzene rings is 2. The number of hydrogen-bond acceptors (Lipinski definition) is 6. The molecule has 1 heterocycles. The standard InChI is InChI=1S/C20H16F2N4O3/c1-2-29-19(28)13-5-3-4-6-16(13)25-20-23-10-9-17(26-20)18(27)24-12-7-8-14(21)15(22)11-12/h3-11H,2H2,1H3,(H,24,27)(H,23,25,26). The number of carbonyl (C=O) groups excluding carboxylic acids is 2. The summed E-state index contributed by atoms with van der Waals surface area (Å²) in [5.74, 6) is -3.18. The fourth-order valence-electron chi connectivity index (χ4n) is 2.41. The summed E-state index contributed by atoms with van der Waals surface area (Å²) in [6.07, 6.45) is 1.35. The van der Waals surface area contributed by atoms with Crippen LogP contribution >= 0.6 is 0 Å². The third-order valence-electron chi connectivity index (χ3n) is 3.73. The lowest BCUT2D eigenvalue weighted by Crippen LogP contribution is -2.15. The van der Waals surface area contributed by atoms with Gasteiger partial charge in [-0.25, -0.2) is 23.5 Å². The summed E-state index contributed by atoms with van der Waals surface area (Å²) in [6.45, 7) is 1.93. The SMILES string of the molecule is CCOC(=O)c1ccccc1Nc1nccc(C(=O)Nc2ccc(F)c(F)c2)n1. The number of nitrogens with zero attached hydrogens (tertiary/aromatic N) is 2. The van der Waals surface area contributed by atoms with E-state index in [1.165, 1.54) is 18.3 Å². The van der Waals surface area contributed by atoms with E-state index >= 15 is 0 Å². The summed E-state index contributed by atoms with van der Waals surface area (Å²) < 4.78 is 31.3. The molecule has 3 aromatic rings. The maximum atomic E-state index is 13.3. The van der Waals surface area contributed by atoms with E-state index in [1.54, 1.807) is 31.2 Å². The Morgan fingerprint density at radius 3 is 2.62 bits per heavy atom. The number of para-hydroxylation sites is 1. The number of anilines is 3. The van der Waals surface area contributed by atoms with Crippen LogP contribution in [0, 0.1) is 11.6 Å². The van der Waals surface area contributed by atoms with Crippen LogP contribution in [0.2, 0.25) is 0 Å². The number of amides is 1. The van der Waals surface area contributed by atoms with Crippen LogP contribution in [0.15, 0.2) is 54.7 Å². The number of rotatable bonds is 6. The normalized spacial score (nSPS) is 10.3. The minimum atomic E-state index is -1.08. The van der Waals surface area contributed by atoms with Crippen molar-refractivity contribution in [3.63, 3.8) is 0 Å². The number of aromatic nitrogens is 2. The van der Waals surface area contributed by atoms with Crippen molar-refractivity contribution in [2.75, 3.05) is 17.2 Å². The Balaban J connectivity index is 1.79. The van der Waals surface area contributed by atoms with Crippen LogP contribution in [0.5, 0.6) is 0 Å². The summed E-state index contributed by atoms with van der Waals surface area (Å²) >= 11 is 0. The lowest BCUT2D eigenvalue weighted by atomic mass is 10.2. The Bertz CT molecular complexity index is 1060. The third kappa shape index (κ3) is 4.89. The number of hydrogen-bond donors (Lipinski definition) is 2. The van der Waals surface area contributed by atoms with Gasteiger partial charge in [-0.2, -0.15) is 0 Å². The molecule has 0 aliphatic carbocycles. The van der Waals surface area contributed by atoms with Gasteiger partial charge in [0.15, 0.2) is 11.6 Å². The minimum Gasteiger partial charge on any atom is -0.462 e. The molecule has 0 saturated heterocycles. The molecule has 148 valence electrons. The predicted molar refractivity (Wildman–Crippen MR) is 102 cm³/mol. The van der Waals surface area contributed by atoms with E-state index in [2.05, 4.69) is 20.6 Å². The molecule has 0 atom stereocenters. The summed E-state index contributed by atoms with van der Waals surface area (Å²) in [7, 11) is 0. The molecule has 0 radical (unpaired) electrons. The molecule has 0 aliphatic rings. The second-order valence-corrected chi connectivity index (χ2v) is 5.74. The first kappa shape index (κ1) is 19.9. The number of halogens is 2. The van der Waals surface area contributed by atoms with Crippen LogP contribution in [0.1, 0.15) is 27.8 Å². The van der Waals surface area contributed by atoms with Gasteiger partial charge in [0.1, 0.15) is 5.69 Å². The van der Waals surface area contributed by atoms with Crippen molar-refractivity contribution >= 4 is 29.2 Å². The maximum absolute atomic E-state index is 13.3. The molecule has 0 bridgehead atoms. The van der Waals surface area contributed by atoms with Gasteiger partial charge >= 0.3 is 5.97 Å². The largest absolute Gasteiger partial charge is 0.462 e. The molecular weight excluding hydrogens is 382 g/mol. The van der Waals surface area contributed by atoms with Gasteiger partial charge in [-0.1, -0.05) is 12.1 Å². The number of carbonyl (C=O) groups is 2. The zero-order valence-electron chi connectivity index (χ0n) is 15.3. The highest BCUT2D eigenvalue weighted by Gasteiger charge is 2.15. The molecule has 2 N–H and O–H groups in total. The van der Waals surface area contributed by atoms with Crippen molar-refractivity contribution in [3.8, 4) is 0 Å². The molecule has 0 spiro atoms. The van der Waals surface area contributed by atoms with Crippen molar-refractivity contribution in [2.45, 2.75) is 6.92 Å². The van der Waals surface area contributed by atoms with Crippen molar-refractivity contribution in [1.82, 2.24) is 9.97 Å². The third-order valence-corrected chi connectivity index (χ3v) is 3.73. The van der Waals surface area contributed by atoms with Gasteiger partial charge in [-0.3, -0.25) is 4.79 Å².